The highest BCUT2D eigenvalue weighted by molar-refractivity contribution is 9.10. The van der Waals surface area contributed by atoms with Crippen LogP contribution in [-0.2, 0) is 6.54 Å². The van der Waals surface area contributed by atoms with Crippen molar-refractivity contribution in [3.05, 3.63) is 61.4 Å². The Labute approximate surface area is 181 Å². The third kappa shape index (κ3) is 3.42. The maximum atomic E-state index is 13.0. The van der Waals surface area contributed by atoms with Crippen molar-refractivity contribution in [2.24, 2.45) is 0 Å². The molecular weight excluding hydrogens is 452 g/mol. The lowest BCUT2D eigenvalue weighted by molar-refractivity contribution is 0.324. The van der Waals surface area contributed by atoms with E-state index in [0.29, 0.717) is 24.7 Å². The van der Waals surface area contributed by atoms with Gasteiger partial charge in [-0.3, -0.25) is 9.36 Å². The van der Waals surface area contributed by atoms with Gasteiger partial charge in [-0.1, -0.05) is 12.7 Å². The summed E-state index contributed by atoms with van der Waals surface area (Å²) in [7, 11) is 1.61. The van der Waals surface area contributed by atoms with Crippen molar-refractivity contribution in [1.82, 2.24) is 9.55 Å². The number of nitrogens with zero attached hydrogens (tertiary/aromatic N) is 2. The lowest BCUT2D eigenvalue weighted by atomic mass is 10.1. The zero-order valence-corrected chi connectivity index (χ0v) is 18.9. The average molecular weight is 473 g/mol. The van der Waals surface area contributed by atoms with Gasteiger partial charge in [0.25, 0.3) is 5.56 Å². The molecule has 0 saturated carbocycles. The van der Waals surface area contributed by atoms with E-state index in [1.165, 1.54) is 0 Å². The lowest BCUT2D eigenvalue weighted by Crippen LogP contribution is -2.20. The van der Waals surface area contributed by atoms with Crippen LogP contribution in [0.2, 0.25) is 0 Å². The number of hydrogen-bond donors (Lipinski definition) is 0. The number of thiophene rings is 1. The zero-order valence-electron chi connectivity index (χ0n) is 16.5. The highest BCUT2D eigenvalue weighted by Crippen LogP contribution is 2.38. The molecule has 3 aromatic rings. The van der Waals surface area contributed by atoms with E-state index in [2.05, 4.69) is 28.6 Å². The molecule has 0 atom stereocenters. The Morgan fingerprint density at radius 3 is 2.90 bits per heavy atom. The van der Waals surface area contributed by atoms with Crippen LogP contribution < -0.4 is 15.0 Å². The number of benzene rings is 1. The highest BCUT2D eigenvalue weighted by Gasteiger charge is 2.23. The molecule has 7 heteroatoms. The van der Waals surface area contributed by atoms with Crippen molar-refractivity contribution in [2.45, 2.75) is 26.8 Å². The number of rotatable bonds is 5. The lowest BCUT2D eigenvalue weighted by Gasteiger charge is -2.12. The third-order valence-electron chi connectivity index (χ3n) is 5.12. The molecule has 4 rings (SSSR count). The second-order valence-electron chi connectivity index (χ2n) is 6.91. The molecule has 1 aromatic carbocycles. The summed E-state index contributed by atoms with van der Waals surface area (Å²) in [6.07, 6.45) is 4.52. The zero-order chi connectivity index (χ0) is 20.7. The van der Waals surface area contributed by atoms with Crippen molar-refractivity contribution >= 4 is 49.1 Å². The van der Waals surface area contributed by atoms with Crippen LogP contribution in [0.5, 0.6) is 11.5 Å². The summed E-state index contributed by atoms with van der Waals surface area (Å²) in [6, 6.07) is 3.90. The normalized spacial score (nSPS) is 14.4. The van der Waals surface area contributed by atoms with E-state index < -0.39 is 0 Å². The fourth-order valence-corrected chi connectivity index (χ4v) is 5.16. The van der Waals surface area contributed by atoms with Crippen LogP contribution >= 0.6 is 27.3 Å². The smallest absolute Gasteiger partial charge is 0.262 e. The molecule has 2 aromatic heterocycles. The molecule has 0 amide bonds. The number of ether oxygens (including phenoxy) is 2. The molecular formula is C22H21BrN2O3S. The SMILES string of the molecule is C=CCOc1c(Br)cc(/C=C2\CCn3c2nc2sc(C)c(C)c2c3=O)cc1OC. The maximum Gasteiger partial charge on any atom is 0.262 e. The molecule has 5 nitrogen and oxygen atoms in total. The first-order chi connectivity index (χ1) is 13.9. The number of fused-ring (bicyclic) bond motifs is 2. The Morgan fingerprint density at radius 1 is 1.38 bits per heavy atom. The Morgan fingerprint density at radius 2 is 2.17 bits per heavy atom. The van der Waals surface area contributed by atoms with E-state index >= 15 is 0 Å². The molecule has 0 radical (unpaired) electrons. The second kappa shape index (κ2) is 7.80. The van der Waals surface area contributed by atoms with Gasteiger partial charge in [-0.15, -0.1) is 11.3 Å². The highest BCUT2D eigenvalue weighted by atomic mass is 79.9. The molecule has 3 heterocycles. The van der Waals surface area contributed by atoms with Gasteiger partial charge in [0.05, 0.1) is 17.0 Å². The average Bonchev–Trinajstić information content (AvgIpc) is 3.22. The van der Waals surface area contributed by atoms with Crippen LogP contribution in [0.4, 0.5) is 0 Å². The molecule has 29 heavy (non-hydrogen) atoms. The number of methoxy groups -OCH3 is 1. The van der Waals surface area contributed by atoms with Gasteiger partial charge >= 0.3 is 0 Å². The molecule has 0 aliphatic carbocycles. The van der Waals surface area contributed by atoms with Gasteiger partial charge in [0.15, 0.2) is 11.5 Å². The fraction of sp³-hybridized carbons (Fsp3) is 0.273. The first kappa shape index (κ1) is 19.9. The summed E-state index contributed by atoms with van der Waals surface area (Å²) in [4.78, 5) is 19.8. The minimum absolute atomic E-state index is 0.0576. The van der Waals surface area contributed by atoms with E-state index in [-0.39, 0.29) is 5.56 Å². The molecule has 0 bridgehead atoms. The van der Waals surface area contributed by atoms with Crippen LogP contribution in [0.25, 0.3) is 21.9 Å². The molecule has 1 aliphatic rings. The number of hydrogen-bond acceptors (Lipinski definition) is 5. The Bertz CT molecular complexity index is 1220. The topological polar surface area (TPSA) is 53.4 Å². The second-order valence-corrected chi connectivity index (χ2v) is 8.97. The number of aromatic nitrogens is 2. The molecule has 0 saturated heterocycles. The monoisotopic (exact) mass is 472 g/mol. The predicted octanol–water partition coefficient (Wildman–Crippen LogP) is 5.36. The van der Waals surface area contributed by atoms with Crippen LogP contribution in [0, 0.1) is 13.8 Å². The van der Waals surface area contributed by atoms with Gasteiger partial charge in [0, 0.05) is 11.4 Å². The van der Waals surface area contributed by atoms with Crippen LogP contribution in [0.1, 0.15) is 28.2 Å². The minimum Gasteiger partial charge on any atom is -0.493 e. The Balaban J connectivity index is 1.80. The third-order valence-corrected chi connectivity index (χ3v) is 6.81. The number of halogens is 1. The molecule has 0 spiro atoms. The van der Waals surface area contributed by atoms with Crippen LogP contribution in [-0.4, -0.2) is 23.3 Å². The standard InChI is InChI=1S/C22H21BrN2O3S/c1-5-8-28-19-16(23)10-14(11-17(19)27-4)9-15-6-7-25-20(15)24-21-18(22(25)26)12(2)13(3)29-21/h5,9-11H,1,6-8H2,2-4H3/b15-9+. The molecule has 0 unspecified atom stereocenters. The Hall–Kier alpha value is -2.38. The largest absolute Gasteiger partial charge is 0.493 e. The first-order valence-corrected chi connectivity index (χ1v) is 10.9. The van der Waals surface area contributed by atoms with Crippen molar-refractivity contribution in [3.63, 3.8) is 0 Å². The van der Waals surface area contributed by atoms with Gasteiger partial charge in [0.1, 0.15) is 17.3 Å². The van der Waals surface area contributed by atoms with E-state index in [4.69, 9.17) is 14.5 Å². The summed E-state index contributed by atoms with van der Waals surface area (Å²) in [6.45, 7) is 8.75. The van der Waals surface area contributed by atoms with Crippen molar-refractivity contribution in [3.8, 4) is 11.5 Å². The van der Waals surface area contributed by atoms with E-state index in [0.717, 1.165) is 48.5 Å². The van der Waals surface area contributed by atoms with E-state index in [1.807, 2.05) is 26.0 Å². The number of allylic oxidation sites excluding steroid dienone is 1. The predicted molar refractivity (Wildman–Crippen MR) is 122 cm³/mol. The van der Waals surface area contributed by atoms with E-state index in [9.17, 15) is 4.79 Å². The van der Waals surface area contributed by atoms with Gasteiger partial charge in [-0.05, 0) is 71.1 Å². The fourth-order valence-electron chi connectivity index (χ4n) is 3.57. The van der Waals surface area contributed by atoms with Crippen molar-refractivity contribution < 1.29 is 9.47 Å². The molecule has 150 valence electrons. The summed E-state index contributed by atoms with van der Waals surface area (Å²) >= 11 is 5.15. The first-order valence-electron chi connectivity index (χ1n) is 9.27. The quantitative estimate of drug-likeness (QED) is 0.469. The van der Waals surface area contributed by atoms with Gasteiger partial charge < -0.3 is 9.47 Å². The summed E-state index contributed by atoms with van der Waals surface area (Å²) in [5.74, 6) is 2.03. The van der Waals surface area contributed by atoms with Gasteiger partial charge in [-0.25, -0.2) is 4.98 Å². The van der Waals surface area contributed by atoms with Crippen molar-refractivity contribution in [1.29, 1.82) is 0 Å². The molecule has 0 fully saturated rings. The summed E-state index contributed by atoms with van der Waals surface area (Å²) < 4.78 is 13.8. The summed E-state index contributed by atoms with van der Waals surface area (Å²) in [5, 5.41) is 0.755. The van der Waals surface area contributed by atoms with E-state index in [1.54, 1.807) is 29.1 Å². The van der Waals surface area contributed by atoms with Crippen LogP contribution in [0.15, 0.2) is 34.1 Å². The molecule has 1 aliphatic heterocycles. The minimum atomic E-state index is 0.0576. The Kier molecular flexibility index (Phi) is 5.36. The molecule has 0 N–H and O–H groups in total. The van der Waals surface area contributed by atoms with Crippen LogP contribution in [0.3, 0.4) is 0 Å². The van der Waals surface area contributed by atoms with Crippen molar-refractivity contribution in [2.75, 3.05) is 13.7 Å². The van der Waals surface area contributed by atoms with Gasteiger partial charge in [-0.2, -0.15) is 0 Å². The van der Waals surface area contributed by atoms with Gasteiger partial charge in [0.2, 0.25) is 0 Å². The number of aryl methyl sites for hydroxylation is 2. The maximum absolute atomic E-state index is 13.0. The summed E-state index contributed by atoms with van der Waals surface area (Å²) in [5.41, 5.74) is 3.10.